The van der Waals surface area contributed by atoms with E-state index in [1.807, 2.05) is 0 Å². The molecule has 0 fully saturated rings. The molecule has 5 heteroatoms. The molecule has 4 nitrogen and oxygen atoms in total. The third-order valence-electron chi connectivity index (χ3n) is 0.800. The maximum atomic E-state index is 9.72. The van der Waals surface area contributed by atoms with Gasteiger partial charge < -0.3 is 0 Å². The fourth-order valence-electron chi connectivity index (χ4n) is 0.432. The van der Waals surface area contributed by atoms with Crippen LogP contribution in [0.25, 0.3) is 0 Å². The number of nitrogens with zero attached hydrogens (tertiary/aromatic N) is 3. The average Bonchev–Trinajstić information content (AvgIpc) is 1.94. The third-order valence-corrected chi connectivity index (χ3v) is 1.07. The molecular formula is C5H2ClN3O. The normalized spacial score (nSPS) is 8.50. The Balaban J connectivity index is 3.14. The molecule has 0 aliphatic heterocycles. The summed E-state index contributed by atoms with van der Waals surface area (Å²) < 4.78 is 0. The van der Waals surface area contributed by atoms with E-state index >= 15 is 0 Å². The number of hydrogen-bond acceptors (Lipinski definition) is 4. The number of carbonyl (C=O) groups excluding carboxylic acids is 1. The molecule has 1 aromatic heterocycles. The lowest BCUT2D eigenvalue weighted by atomic mass is 10.6. The summed E-state index contributed by atoms with van der Waals surface area (Å²) in [5.74, 6) is 0.145. The Morgan fingerprint density at radius 2 is 2.50 bits per heavy atom. The maximum absolute atomic E-state index is 9.72. The molecule has 0 aliphatic carbocycles. The molecule has 0 aliphatic rings. The molecule has 0 N–H and O–H groups in total. The van der Waals surface area contributed by atoms with Crippen molar-refractivity contribution in [2.45, 2.75) is 0 Å². The first kappa shape index (κ1) is 6.86. The van der Waals surface area contributed by atoms with Crippen LogP contribution in [0.5, 0.6) is 0 Å². The quantitative estimate of drug-likeness (QED) is 0.451. The molecule has 50 valence electrons. The molecule has 1 aromatic rings. The molecule has 0 aromatic carbocycles. The van der Waals surface area contributed by atoms with Gasteiger partial charge in [0.15, 0.2) is 5.82 Å². The van der Waals surface area contributed by atoms with E-state index in [1.54, 1.807) is 0 Å². The van der Waals surface area contributed by atoms with Gasteiger partial charge in [0.1, 0.15) is 11.3 Å². The van der Waals surface area contributed by atoms with Crippen molar-refractivity contribution in [3.05, 3.63) is 17.5 Å². The monoisotopic (exact) mass is 155 g/mol. The molecule has 1 heterocycles. The number of halogens is 1. The van der Waals surface area contributed by atoms with Crippen LogP contribution in [0.1, 0.15) is 0 Å². The first-order chi connectivity index (χ1) is 4.84. The Kier molecular flexibility index (Phi) is 2.10. The Morgan fingerprint density at radius 1 is 1.70 bits per heavy atom. The molecule has 0 radical (unpaired) electrons. The molecule has 0 spiro atoms. The van der Waals surface area contributed by atoms with Crippen LogP contribution in [0.15, 0.2) is 17.5 Å². The van der Waals surface area contributed by atoms with Gasteiger partial charge in [0.05, 0.1) is 6.20 Å². The summed E-state index contributed by atoms with van der Waals surface area (Å²) in [4.78, 5) is 20.1. The van der Waals surface area contributed by atoms with Crippen molar-refractivity contribution in [3.63, 3.8) is 0 Å². The maximum Gasteiger partial charge on any atom is 0.242 e. The van der Waals surface area contributed by atoms with Crippen LogP contribution in [0.3, 0.4) is 0 Å². The van der Waals surface area contributed by atoms with E-state index < -0.39 is 0 Å². The van der Waals surface area contributed by atoms with Gasteiger partial charge in [0.2, 0.25) is 6.08 Å². The Hall–Kier alpha value is -1.25. The van der Waals surface area contributed by atoms with E-state index in [0.717, 1.165) is 0 Å². The summed E-state index contributed by atoms with van der Waals surface area (Å²) in [5, 5.41) is 0.242. The minimum absolute atomic E-state index is 0.145. The van der Waals surface area contributed by atoms with Crippen molar-refractivity contribution in [1.82, 2.24) is 9.97 Å². The molecule has 10 heavy (non-hydrogen) atoms. The summed E-state index contributed by atoms with van der Waals surface area (Å²) in [5.41, 5.74) is 0. The lowest BCUT2D eigenvalue weighted by Crippen LogP contribution is -1.76. The second kappa shape index (κ2) is 3.06. The van der Waals surface area contributed by atoms with E-state index in [0.29, 0.717) is 0 Å². The van der Waals surface area contributed by atoms with Crippen LogP contribution in [-0.4, -0.2) is 16.0 Å². The van der Waals surface area contributed by atoms with Gasteiger partial charge in [-0.1, -0.05) is 11.6 Å². The van der Waals surface area contributed by atoms with Gasteiger partial charge in [-0.15, -0.1) is 4.99 Å². The fourth-order valence-corrected chi connectivity index (χ4v) is 0.579. The number of hydrogen-bond donors (Lipinski definition) is 0. The number of aromatic nitrogens is 2. The van der Waals surface area contributed by atoms with E-state index in [2.05, 4.69) is 15.0 Å². The van der Waals surface area contributed by atoms with Crippen LogP contribution in [0.4, 0.5) is 5.82 Å². The van der Waals surface area contributed by atoms with Crippen molar-refractivity contribution in [1.29, 1.82) is 0 Å². The molecule has 0 saturated carbocycles. The van der Waals surface area contributed by atoms with Gasteiger partial charge in [0, 0.05) is 0 Å². The van der Waals surface area contributed by atoms with Gasteiger partial charge in [-0.05, 0) is 0 Å². The molecule has 0 amide bonds. The summed E-state index contributed by atoms with van der Waals surface area (Å²) in [6, 6.07) is 0. The highest BCUT2D eigenvalue weighted by Crippen LogP contribution is 2.17. The Bertz CT molecular complexity index is 282. The third kappa shape index (κ3) is 1.37. The minimum Gasteiger partial charge on any atom is -0.243 e. The van der Waals surface area contributed by atoms with Gasteiger partial charge in [0.25, 0.3) is 0 Å². The average molecular weight is 156 g/mol. The van der Waals surface area contributed by atoms with Crippen LogP contribution in [-0.2, 0) is 4.79 Å². The fraction of sp³-hybridized carbons (Fsp3) is 0. The van der Waals surface area contributed by atoms with Crippen LogP contribution in [0.2, 0.25) is 5.02 Å². The Morgan fingerprint density at radius 3 is 3.10 bits per heavy atom. The van der Waals surface area contributed by atoms with Crippen molar-refractivity contribution in [3.8, 4) is 0 Å². The highest BCUT2D eigenvalue weighted by Gasteiger charge is 1.95. The Labute approximate surface area is 61.6 Å². The predicted octanol–water partition coefficient (Wildman–Crippen LogP) is 1.10. The van der Waals surface area contributed by atoms with Crippen molar-refractivity contribution in [2.75, 3.05) is 0 Å². The summed E-state index contributed by atoms with van der Waals surface area (Å²) in [7, 11) is 0. The lowest BCUT2D eigenvalue weighted by molar-refractivity contribution is 0.565. The van der Waals surface area contributed by atoms with Crippen LogP contribution >= 0.6 is 11.6 Å². The van der Waals surface area contributed by atoms with Crippen molar-refractivity contribution in [2.24, 2.45) is 4.99 Å². The topological polar surface area (TPSA) is 55.2 Å². The van der Waals surface area contributed by atoms with E-state index in [9.17, 15) is 4.79 Å². The molecule has 0 saturated heterocycles. The first-order valence-corrected chi connectivity index (χ1v) is 2.76. The van der Waals surface area contributed by atoms with E-state index in [1.165, 1.54) is 18.6 Å². The second-order valence-corrected chi connectivity index (χ2v) is 1.80. The zero-order chi connectivity index (χ0) is 7.40. The highest BCUT2D eigenvalue weighted by molar-refractivity contribution is 6.32. The predicted molar refractivity (Wildman–Crippen MR) is 34.8 cm³/mol. The van der Waals surface area contributed by atoms with Gasteiger partial charge in [-0.25, -0.2) is 14.8 Å². The van der Waals surface area contributed by atoms with Crippen LogP contribution < -0.4 is 0 Å². The standard InChI is InChI=1S/C5H2ClN3O/c6-4-1-7-2-8-5(4)9-3-10/h1-2H. The van der Waals surface area contributed by atoms with Gasteiger partial charge in [-0.2, -0.15) is 0 Å². The van der Waals surface area contributed by atoms with E-state index in [4.69, 9.17) is 11.6 Å². The summed E-state index contributed by atoms with van der Waals surface area (Å²) >= 11 is 5.51. The van der Waals surface area contributed by atoms with Crippen LogP contribution in [0, 0.1) is 0 Å². The zero-order valence-corrected chi connectivity index (χ0v) is 5.54. The van der Waals surface area contributed by atoms with Gasteiger partial charge in [-0.3, -0.25) is 0 Å². The number of aliphatic imine (C=N–C) groups is 1. The second-order valence-electron chi connectivity index (χ2n) is 1.40. The molecule has 0 atom stereocenters. The molecular weight excluding hydrogens is 154 g/mol. The number of isocyanates is 1. The molecule has 0 unspecified atom stereocenters. The summed E-state index contributed by atoms with van der Waals surface area (Å²) in [6.45, 7) is 0. The minimum atomic E-state index is 0.145. The first-order valence-electron chi connectivity index (χ1n) is 2.38. The summed E-state index contributed by atoms with van der Waals surface area (Å²) in [6.07, 6.45) is 3.93. The van der Waals surface area contributed by atoms with Gasteiger partial charge >= 0.3 is 0 Å². The van der Waals surface area contributed by atoms with E-state index in [-0.39, 0.29) is 10.8 Å². The lowest BCUT2D eigenvalue weighted by Gasteiger charge is -1.88. The van der Waals surface area contributed by atoms with Crippen molar-refractivity contribution < 1.29 is 4.79 Å². The van der Waals surface area contributed by atoms with Crippen molar-refractivity contribution >= 4 is 23.5 Å². The smallest absolute Gasteiger partial charge is 0.242 e. The molecule has 0 bridgehead atoms. The SMILES string of the molecule is O=C=Nc1ncncc1Cl. The molecule has 1 rings (SSSR count). The highest BCUT2D eigenvalue weighted by atomic mass is 35.5. The largest absolute Gasteiger partial charge is 0.243 e. The zero-order valence-electron chi connectivity index (χ0n) is 4.78. The number of rotatable bonds is 1.